The smallest absolute Gasteiger partial charge is 0.337 e. The van der Waals surface area contributed by atoms with Gasteiger partial charge in [0.1, 0.15) is 0 Å². The summed E-state index contributed by atoms with van der Waals surface area (Å²) in [5.74, 6) is -0.381. The number of esters is 1. The van der Waals surface area contributed by atoms with Crippen molar-refractivity contribution in [1.82, 2.24) is 0 Å². The molecular weight excluding hydrogens is 212 g/mol. The third-order valence-electron chi connectivity index (χ3n) is 2.25. The van der Waals surface area contributed by atoms with E-state index in [2.05, 4.69) is 17.4 Å². The van der Waals surface area contributed by atoms with Gasteiger partial charge in [0.15, 0.2) is 0 Å². The summed E-state index contributed by atoms with van der Waals surface area (Å²) in [6, 6.07) is 8.10. The molecule has 0 aliphatic rings. The lowest BCUT2D eigenvalue weighted by molar-refractivity contribution is -0.135. The Balaban J connectivity index is 2.81. The zero-order chi connectivity index (χ0) is 12.7. The molecule has 0 fully saturated rings. The van der Waals surface area contributed by atoms with Crippen molar-refractivity contribution in [2.24, 2.45) is 0 Å². The van der Waals surface area contributed by atoms with E-state index >= 15 is 0 Å². The number of aryl methyl sites for hydroxylation is 1. The molecule has 0 atom stereocenters. The van der Waals surface area contributed by atoms with Crippen LogP contribution in [0.25, 0.3) is 6.08 Å². The second kappa shape index (κ2) is 6.48. The highest BCUT2D eigenvalue weighted by molar-refractivity contribution is 5.91. The van der Waals surface area contributed by atoms with Gasteiger partial charge in [0.25, 0.3) is 0 Å². The van der Waals surface area contributed by atoms with Crippen LogP contribution in [0.4, 0.5) is 0 Å². The second-order valence-corrected chi connectivity index (χ2v) is 3.59. The third-order valence-corrected chi connectivity index (χ3v) is 2.25. The quantitative estimate of drug-likeness (QED) is 0.449. The van der Waals surface area contributed by atoms with E-state index < -0.39 is 0 Å². The summed E-state index contributed by atoms with van der Waals surface area (Å²) in [6.07, 6.45) is 6.90. The van der Waals surface area contributed by atoms with Crippen LogP contribution in [0.1, 0.15) is 11.1 Å². The average molecular weight is 228 g/mol. The van der Waals surface area contributed by atoms with Crippen molar-refractivity contribution in [2.45, 2.75) is 6.92 Å². The number of rotatable bonds is 4. The zero-order valence-electron chi connectivity index (χ0n) is 10.1. The summed E-state index contributed by atoms with van der Waals surface area (Å²) in [4.78, 5) is 11.2. The summed E-state index contributed by atoms with van der Waals surface area (Å²) in [5.41, 5.74) is 2.74. The highest BCUT2D eigenvalue weighted by atomic mass is 16.5. The highest BCUT2D eigenvalue weighted by Gasteiger charge is 2.02. The van der Waals surface area contributed by atoms with E-state index in [4.69, 9.17) is 0 Å². The lowest BCUT2D eigenvalue weighted by Crippen LogP contribution is -2.01. The number of methoxy groups -OCH3 is 1. The molecule has 1 aromatic carbocycles. The lowest BCUT2D eigenvalue weighted by Gasteiger charge is -1.97. The molecule has 0 aliphatic carbocycles. The molecule has 2 heteroatoms. The van der Waals surface area contributed by atoms with Crippen molar-refractivity contribution in [3.63, 3.8) is 0 Å². The molecule has 0 saturated heterocycles. The summed E-state index contributed by atoms with van der Waals surface area (Å²) >= 11 is 0. The number of ether oxygens (including phenoxy) is 1. The van der Waals surface area contributed by atoms with Gasteiger partial charge in [-0.3, -0.25) is 0 Å². The van der Waals surface area contributed by atoms with Crippen LogP contribution in [-0.2, 0) is 9.53 Å². The van der Waals surface area contributed by atoms with Gasteiger partial charge in [-0.05, 0) is 18.6 Å². The summed E-state index contributed by atoms with van der Waals surface area (Å²) < 4.78 is 4.61. The molecule has 0 bridgehead atoms. The first kappa shape index (κ1) is 13.0. The number of hydrogen-bond donors (Lipinski definition) is 0. The molecule has 0 heterocycles. The van der Waals surface area contributed by atoms with Gasteiger partial charge in [0.2, 0.25) is 0 Å². The Morgan fingerprint density at radius 1 is 1.41 bits per heavy atom. The monoisotopic (exact) mass is 228 g/mol. The molecule has 0 aliphatic heterocycles. The Morgan fingerprint density at radius 3 is 2.76 bits per heavy atom. The van der Waals surface area contributed by atoms with Crippen molar-refractivity contribution in [2.75, 3.05) is 7.11 Å². The SMILES string of the molecule is C=C/C(=C\C=C\c1cccc(C)c1)C(=O)OC. The largest absolute Gasteiger partial charge is 0.465 e. The van der Waals surface area contributed by atoms with Crippen LogP contribution >= 0.6 is 0 Å². The van der Waals surface area contributed by atoms with E-state index in [-0.39, 0.29) is 5.97 Å². The molecule has 2 nitrogen and oxygen atoms in total. The number of carbonyl (C=O) groups is 1. The van der Waals surface area contributed by atoms with Crippen LogP contribution in [0.2, 0.25) is 0 Å². The first-order valence-corrected chi connectivity index (χ1v) is 5.33. The minimum atomic E-state index is -0.381. The lowest BCUT2D eigenvalue weighted by atomic mass is 10.1. The molecule has 0 aromatic heterocycles. The minimum Gasteiger partial charge on any atom is -0.465 e. The second-order valence-electron chi connectivity index (χ2n) is 3.59. The summed E-state index contributed by atoms with van der Waals surface area (Å²) in [6.45, 7) is 5.61. The molecular formula is C15H16O2. The van der Waals surface area contributed by atoms with Gasteiger partial charge < -0.3 is 4.74 Å². The number of benzene rings is 1. The number of hydrogen-bond acceptors (Lipinski definition) is 2. The Kier molecular flexibility index (Phi) is 4.95. The minimum absolute atomic E-state index is 0.381. The van der Waals surface area contributed by atoms with E-state index in [0.29, 0.717) is 5.57 Å². The summed E-state index contributed by atoms with van der Waals surface area (Å²) in [7, 11) is 1.35. The Morgan fingerprint density at radius 2 is 2.18 bits per heavy atom. The fraction of sp³-hybridized carbons (Fsp3) is 0.133. The molecule has 1 rings (SSSR count). The Hall–Kier alpha value is -2.09. The molecule has 0 N–H and O–H groups in total. The third kappa shape index (κ3) is 4.11. The standard InChI is InChI=1S/C15H16O2/c1-4-14(15(16)17-3)10-6-9-13-8-5-7-12(2)11-13/h4-11H,1H2,2-3H3/b9-6+,14-10+. The molecule has 0 amide bonds. The molecule has 1 aromatic rings. The van der Waals surface area contributed by atoms with Crippen molar-refractivity contribution in [1.29, 1.82) is 0 Å². The number of carbonyl (C=O) groups excluding carboxylic acids is 1. The van der Waals surface area contributed by atoms with Gasteiger partial charge in [0.05, 0.1) is 12.7 Å². The average Bonchev–Trinajstić information content (AvgIpc) is 2.34. The molecule has 88 valence electrons. The van der Waals surface area contributed by atoms with E-state index in [1.165, 1.54) is 18.7 Å². The van der Waals surface area contributed by atoms with Crippen molar-refractivity contribution in [3.05, 3.63) is 65.8 Å². The Labute approximate surface area is 102 Å². The van der Waals surface area contributed by atoms with Crippen LogP contribution in [0.15, 0.2) is 54.6 Å². The van der Waals surface area contributed by atoms with Crippen molar-refractivity contribution < 1.29 is 9.53 Å². The van der Waals surface area contributed by atoms with E-state index in [9.17, 15) is 4.79 Å². The van der Waals surface area contributed by atoms with E-state index in [0.717, 1.165) is 5.56 Å². The fourth-order valence-corrected chi connectivity index (χ4v) is 1.37. The maximum atomic E-state index is 11.2. The molecule has 0 unspecified atom stereocenters. The summed E-state index contributed by atoms with van der Waals surface area (Å²) in [5, 5.41) is 0. The topological polar surface area (TPSA) is 26.3 Å². The van der Waals surface area contributed by atoms with Crippen LogP contribution in [0.3, 0.4) is 0 Å². The van der Waals surface area contributed by atoms with Crippen LogP contribution < -0.4 is 0 Å². The Bertz CT molecular complexity index is 468. The molecule has 0 saturated carbocycles. The fourth-order valence-electron chi connectivity index (χ4n) is 1.37. The van der Waals surface area contributed by atoms with Gasteiger partial charge >= 0.3 is 5.97 Å². The first-order valence-electron chi connectivity index (χ1n) is 5.33. The van der Waals surface area contributed by atoms with Gasteiger partial charge in [-0.15, -0.1) is 0 Å². The van der Waals surface area contributed by atoms with Crippen molar-refractivity contribution in [3.8, 4) is 0 Å². The van der Waals surface area contributed by atoms with Gasteiger partial charge in [-0.1, -0.05) is 54.6 Å². The van der Waals surface area contributed by atoms with Gasteiger partial charge in [-0.2, -0.15) is 0 Å². The van der Waals surface area contributed by atoms with E-state index in [1.54, 1.807) is 6.08 Å². The predicted molar refractivity (Wildman–Crippen MR) is 70.5 cm³/mol. The normalized spacial score (nSPS) is 11.5. The van der Waals surface area contributed by atoms with Crippen LogP contribution in [-0.4, -0.2) is 13.1 Å². The highest BCUT2D eigenvalue weighted by Crippen LogP contribution is 2.07. The van der Waals surface area contributed by atoms with Gasteiger partial charge in [0, 0.05) is 0 Å². The zero-order valence-corrected chi connectivity index (χ0v) is 10.1. The molecule has 0 radical (unpaired) electrons. The number of allylic oxidation sites excluding steroid dienone is 2. The predicted octanol–water partition coefficient (Wildman–Crippen LogP) is 3.29. The van der Waals surface area contributed by atoms with Gasteiger partial charge in [-0.25, -0.2) is 4.79 Å². The maximum absolute atomic E-state index is 11.2. The van der Waals surface area contributed by atoms with Crippen LogP contribution in [0.5, 0.6) is 0 Å². The maximum Gasteiger partial charge on any atom is 0.337 e. The first-order chi connectivity index (χ1) is 8.17. The van der Waals surface area contributed by atoms with E-state index in [1.807, 2.05) is 37.3 Å². The molecule has 0 spiro atoms. The molecule has 17 heavy (non-hydrogen) atoms. The van der Waals surface area contributed by atoms with Crippen molar-refractivity contribution >= 4 is 12.0 Å². The van der Waals surface area contributed by atoms with Crippen LogP contribution in [0, 0.1) is 6.92 Å².